The average molecular weight is 460 g/mol. The normalized spacial score (nSPS) is 17.2. The Bertz CT molecular complexity index is 910. The molecule has 170 valence electrons. The summed E-state index contributed by atoms with van der Waals surface area (Å²) in [5.74, 6) is 1.06. The molecule has 1 amide bonds. The van der Waals surface area contributed by atoms with Crippen molar-refractivity contribution < 1.29 is 22.5 Å². The van der Waals surface area contributed by atoms with Gasteiger partial charge in [0, 0.05) is 37.8 Å². The third kappa shape index (κ3) is 5.96. The maximum Gasteiger partial charge on any atom is 0.417 e. The highest BCUT2D eigenvalue weighted by atomic mass is 35.5. The molecule has 1 aliphatic rings. The van der Waals surface area contributed by atoms with Crippen molar-refractivity contribution in [1.82, 2.24) is 19.9 Å². The lowest BCUT2D eigenvalue weighted by Gasteiger charge is -2.36. The lowest BCUT2D eigenvalue weighted by molar-refractivity contribution is -0.137. The minimum absolute atomic E-state index is 0.0598. The lowest BCUT2D eigenvalue weighted by Crippen LogP contribution is -2.52. The van der Waals surface area contributed by atoms with Crippen LogP contribution in [0.25, 0.3) is 0 Å². The van der Waals surface area contributed by atoms with E-state index in [-0.39, 0.29) is 17.5 Å². The highest BCUT2D eigenvalue weighted by Crippen LogP contribution is 2.36. The van der Waals surface area contributed by atoms with E-state index in [0.717, 1.165) is 12.1 Å². The first kappa shape index (κ1) is 23.5. The lowest BCUT2D eigenvalue weighted by atomic mass is 10.1. The fourth-order valence-electron chi connectivity index (χ4n) is 3.30. The molecule has 1 saturated heterocycles. The summed E-state index contributed by atoms with van der Waals surface area (Å²) in [7, 11) is 0. The van der Waals surface area contributed by atoms with Gasteiger partial charge in [0.2, 0.25) is 11.8 Å². The van der Waals surface area contributed by atoms with E-state index in [1.54, 1.807) is 6.92 Å². The zero-order chi connectivity index (χ0) is 22.8. The maximum absolute atomic E-state index is 13.0. The number of alkyl halides is 3. The van der Waals surface area contributed by atoms with Crippen LogP contribution in [0, 0.1) is 0 Å². The summed E-state index contributed by atoms with van der Waals surface area (Å²) in [4.78, 5) is 21.1. The summed E-state index contributed by atoms with van der Waals surface area (Å²) in [5.41, 5.74) is -0.917. The second-order valence-corrected chi connectivity index (χ2v) is 8.28. The van der Waals surface area contributed by atoms with Crippen molar-refractivity contribution in [1.29, 1.82) is 0 Å². The number of nitrogens with zero attached hydrogens (tertiary/aromatic N) is 4. The van der Waals surface area contributed by atoms with E-state index in [1.165, 1.54) is 6.07 Å². The summed E-state index contributed by atoms with van der Waals surface area (Å²) in [6, 6.07) is 2.84. The molecular weight excluding hydrogens is 435 g/mol. The Morgan fingerprint density at radius 2 is 1.90 bits per heavy atom. The topological polar surface area (TPSA) is 74.5 Å². The van der Waals surface area contributed by atoms with Crippen molar-refractivity contribution in [3.05, 3.63) is 40.5 Å². The zero-order valence-electron chi connectivity index (χ0n) is 17.5. The van der Waals surface area contributed by atoms with E-state index < -0.39 is 22.8 Å². The Balaban J connectivity index is 1.53. The van der Waals surface area contributed by atoms with Crippen molar-refractivity contribution in [2.24, 2.45) is 0 Å². The average Bonchev–Trinajstić information content (AvgIpc) is 3.17. The van der Waals surface area contributed by atoms with Crippen molar-refractivity contribution >= 4 is 23.2 Å². The quantitative estimate of drug-likeness (QED) is 0.703. The van der Waals surface area contributed by atoms with Crippen molar-refractivity contribution in [3.63, 3.8) is 0 Å². The van der Waals surface area contributed by atoms with Gasteiger partial charge in [-0.2, -0.15) is 18.2 Å². The van der Waals surface area contributed by atoms with Gasteiger partial charge < -0.3 is 9.84 Å². The number of benzene rings is 1. The number of anilines is 1. The molecule has 0 aliphatic carbocycles. The van der Waals surface area contributed by atoms with Gasteiger partial charge in [-0.3, -0.25) is 14.6 Å². The van der Waals surface area contributed by atoms with E-state index >= 15 is 0 Å². The summed E-state index contributed by atoms with van der Waals surface area (Å²) in [5, 5.41) is 6.11. The van der Waals surface area contributed by atoms with Crippen LogP contribution >= 0.6 is 11.6 Å². The van der Waals surface area contributed by atoms with Gasteiger partial charge in [0.1, 0.15) is 0 Å². The third-order valence-electron chi connectivity index (χ3n) is 5.23. The molecule has 1 atom stereocenters. The second kappa shape index (κ2) is 9.54. The molecule has 0 saturated carbocycles. The molecule has 1 fully saturated rings. The highest BCUT2D eigenvalue weighted by Gasteiger charge is 2.34. The molecular formula is C20H25ClF3N5O2. The van der Waals surface area contributed by atoms with Gasteiger partial charge in [-0.15, -0.1) is 0 Å². The molecule has 1 aromatic carbocycles. The Hall–Kier alpha value is -2.17. The van der Waals surface area contributed by atoms with Crippen molar-refractivity contribution in [3.8, 4) is 0 Å². The number of carbonyl (C=O) groups is 1. The van der Waals surface area contributed by atoms with Crippen LogP contribution in [0.5, 0.6) is 0 Å². The Morgan fingerprint density at radius 1 is 1.23 bits per heavy atom. The number of hydrogen-bond donors (Lipinski definition) is 1. The monoisotopic (exact) mass is 459 g/mol. The molecule has 2 aromatic rings. The molecule has 1 N–H and O–H groups in total. The number of halogens is 4. The predicted octanol–water partition coefficient (Wildman–Crippen LogP) is 4.01. The molecule has 11 heteroatoms. The van der Waals surface area contributed by atoms with Gasteiger partial charge in [-0.25, -0.2) is 0 Å². The van der Waals surface area contributed by atoms with Crippen LogP contribution in [0.3, 0.4) is 0 Å². The van der Waals surface area contributed by atoms with Crippen LogP contribution in [0.15, 0.2) is 22.7 Å². The number of piperazine rings is 1. The Kier molecular flexibility index (Phi) is 7.23. The molecule has 3 rings (SSSR count). The van der Waals surface area contributed by atoms with Crippen molar-refractivity contribution in [2.45, 2.75) is 45.5 Å². The molecule has 0 radical (unpaired) electrons. The first-order chi connectivity index (χ1) is 14.5. The maximum atomic E-state index is 13.0. The minimum atomic E-state index is -4.59. The molecule has 0 bridgehead atoms. The summed E-state index contributed by atoms with van der Waals surface area (Å²) < 4.78 is 44.4. The molecule has 2 heterocycles. The van der Waals surface area contributed by atoms with Gasteiger partial charge >= 0.3 is 6.18 Å². The molecule has 1 aliphatic heterocycles. The fourth-order valence-corrected chi connectivity index (χ4v) is 3.52. The van der Waals surface area contributed by atoms with Crippen LogP contribution < -0.4 is 5.32 Å². The molecule has 7 nitrogen and oxygen atoms in total. The SMILES string of the molecule is CC(C)c1noc(CN2CCN(C(C)C(=O)Nc3ccc(Cl)c(C(F)(F)F)c3)CC2)n1. The van der Waals surface area contributed by atoms with E-state index in [1.807, 2.05) is 18.7 Å². The number of amides is 1. The number of aromatic nitrogens is 2. The van der Waals surface area contributed by atoms with Gasteiger partial charge in [-0.1, -0.05) is 30.6 Å². The summed E-state index contributed by atoms with van der Waals surface area (Å²) in [6.45, 7) is 8.94. The van der Waals surface area contributed by atoms with E-state index in [0.29, 0.717) is 44.4 Å². The van der Waals surface area contributed by atoms with Crippen LogP contribution in [0.2, 0.25) is 5.02 Å². The Morgan fingerprint density at radius 3 is 2.48 bits per heavy atom. The first-order valence-electron chi connectivity index (χ1n) is 10.0. The number of nitrogens with one attached hydrogen (secondary N) is 1. The molecule has 31 heavy (non-hydrogen) atoms. The van der Waals surface area contributed by atoms with Crippen LogP contribution in [0.1, 0.15) is 44.0 Å². The molecule has 1 unspecified atom stereocenters. The van der Waals surface area contributed by atoms with E-state index in [4.69, 9.17) is 16.1 Å². The Labute approximate surface area is 183 Å². The zero-order valence-corrected chi connectivity index (χ0v) is 18.3. The third-order valence-corrected chi connectivity index (χ3v) is 5.56. The van der Waals surface area contributed by atoms with Crippen LogP contribution in [-0.2, 0) is 17.5 Å². The number of hydrogen-bond acceptors (Lipinski definition) is 6. The summed E-state index contributed by atoms with van der Waals surface area (Å²) in [6.07, 6.45) is -4.59. The standard InChI is InChI=1S/C20H25ClF3N5O2/c1-12(2)18-26-17(31-27-18)11-28-6-8-29(9-7-28)13(3)19(30)25-14-4-5-16(21)15(10-14)20(22,23)24/h4-5,10,12-13H,6-9,11H2,1-3H3,(H,25,30). The predicted molar refractivity (Wildman–Crippen MR) is 110 cm³/mol. The fraction of sp³-hybridized carbons (Fsp3) is 0.550. The highest BCUT2D eigenvalue weighted by molar-refractivity contribution is 6.31. The van der Waals surface area contributed by atoms with Crippen LogP contribution in [0.4, 0.5) is 18.9 Å². The number of carbonyl (C=O) groups excluding carboxylic acids is 1. The molecule has 1 aromatic heterocycles. The van der Waals surface area contributed by atoms with Gasteiger partial charge in [0.15, 0.2) is 5.82 Å². The van der Waals surface area contributed by atoms with Crippen molar-refractivity contribution in [2.75, 3.05) is 31.5 Å². The molecule has 0 spiro atoms. The van der Waals surface area contributed by atoms with Gasteiger partial charge in [-0.05, 0) is 25.1 Å². The van der Waals surface area contributed by atoms with Gasteiger partial charge in [0.25, 0.3) is 0 Å². The second-order valence-electron chi connectivity index (χ2n) is 7.87. The minimum Gasteiger partial charge on any atom is -0.338 e. The van der Waals surface area contributed by atoms with Crippen LogP contribution in [-0.4, -0.2) is 58.1 Å². The number of rotatable bonds is 6. The summed E-state index contributed by atoms with van der Waals surface area (Å²) >= 11 is 5.63. The largest absolute Gasteiger partial charge is 0.417 e. The van der Waals surface area contributed by atoms with Gasteiger partial charge in [0.05, 0.1) is 23.2 Å². The van der Waals surface area contributed by atoms with E-state index in [9.17, 15) is 18.0 Å². The first-order valence-corrected chi connectivity index (χ1v) is 10.4. The smallest absolute Gasteiger partial charge is 0.338 e. The van der Waals surface area contributed by atoms with E-state index in [2.05, 4.69) is 20.4 Å².